The molecule has 0 aromatic carbocycles. The zero-order valence-electron chi connectivity index (χ0n) is 12.4. The number of halogens is 1. The highest BCUT2D eigenvalue weighted by Crippen LogP contribution is 2.40. The Labute approximate surface area is 121 Å². The molecule has 1 aliphatic carbocycles. The largest absolute Gasteiger partial charge is 0.389 e. The Morgan fingerprint density at radius 1 is 1.42 bits per heavy atom. The van der Waals surface area contributed by atoms with E-state index < -0.39 is 5.60 Å². The molecule has 1 saturated carbocycles. The van der Waals surface area contributed by atoms with Crippen molar-refractivity contribution in [2.24, 2.45) is 11.8 Å². The fraction of sp³-hybridized carbons (Fsp3) is 0.800. The van der Waals surface area contributed by atoms with Crippen LogP contribution in [0.3, 0.4) is 0 Å². The minimum atomic E-state index is -0.638. The van der Waals surface area contributed by atoms with E-state index in [1.54, 1.807) is 0 Å². The SMILES string of the molecule is CCn1nc(C)c(Cl)c1CC1(O)CC(C)CCC1C. The van der Waals surface area contributed by atoms with E-state index in [2.05, 4.69) is 25.9 Å². The van der Waals surface area contributed by atoms with Crippen LogP contribution in [0, 0.1) is 18.8 Å². The normalized spacial score (nSPS) is 31.7. The van der Waals surface area contributed by atoms with Crippen LogP contribution >= 0.6 is 11.6 Å². The number of aryl methyl sites for hydroxylation is 2. The van der Waals surface area contributed by atoms with Gasteiger partial charge in [0, 0.05) is 13.0 Å². The van der Waals surface area contributed by atoms with Crippen LogP contribution in [0.15, 0.2) is 0 Å². The van der Waals surface area contributed by atoms with Crippen LogP contribution in [0.25, 0.3) is 0 Å². The molecule has 1 fully saturated rings. The van der Waals surface area contributed by atoms with Crippen molar-refractivity contribution in [3.8, 4) is 0 Å². The molecule has 0 aliphatic heterocycles. The smallest absolute Gasteiger partial charge is 0.0848 e. The number of aliphatic hydroxyl groups is 1. The highest BCUT2D eigenvalue weighted by molar-refractivity contribution is 6.31. The third kappa shape index (κ3) is 2.82. The molecule has 3 unspecified atom stereocenters. The first-order valence-electron chi connectivity index (χ1n) is 7.31. The first-order chi connectivity index (χ1) is 8.87. The van der Waals surface area contributed by atoms with E-state index in [4.69, 9.17) is 11.6 Å². The molecule has 0 spiro atoms. The second-order valence-electron chi connectivity index (χ2n) is 6.23. The molecule has 0 amide bonds. The van der Waals surface area contributed by atoms with Gasteiger partial charge in [-0.2, -0.15) is 5.10 Å². The van der Waals surface area contributed by atoms with Crippen molar-refractivity contribution in [1.82, 2.24) is 9.78 Å². The van der Waals surface area contributed by atoms with Crippen molar-refractivity contribution in [3.05, 3.63) is 16.4 Å². The molecule has 0 bridgehead atoms. The molecule has 1 heterocycles. The van der Waals surface area contributed by atoms with E-state index in [1.807, 2.05) is 11.6 Å². The first-order valence-corrected chi connectivity index (χ1v) is 7.69. The van der Waals surface area contributed by atoms with Crippen molar-refractivity contribution in [1.29, 1.82) is 0 Å². The van der Waals surface area contributed by atoms with Gasteiger partial charge in [0.05, 0.1) is 22.0 Å². The lowest BCUT2D eigenvalue weighted by molar-refractivity contribution is -0.0573. The molecule has 19 heavy (non-hydrogen) atoms. The van der Waals surface area contributed by atoms with Gasteiger partial charge in [-0.15, -0.1) is 0 Å². The van der Waals surface area contributed by atoms with Crippen LogP contribution in [0.1, 0.15) is 51.4 Å². The molecule has 1 aromatic rings. The number of aromatic nitrogens is 2. The van der Waals surface area contributed by atoms with Gasteiger partial charge in [-0.05, 0) is 38.5 Å². The van der Waals surface area contributed by atoms with Crippen LogP contribution in [-0.2, 0) is 13.0 Å². The maximum Gasteiger partial charge on any atom is 0.0848 e. The zero-order chi connectivity index (χ0) is 14.2. The molecule has 4 heteroatoms. The van der Waals surface area contributed by atoms with E-state index >= 15 is 0 Å². The average molecular weight is 285 g/mol. The standard InChI is InChI=1S/C15H25ClN2O/c1-5-18-13(14(16)12(4)17-18)9-15(19)8-10(2)6-7-11(15)3/h10-11,19H,5-9H2,1-4H3. The van der Waals surface area contributed by atoms with E-state index in [0.717, 1.165) is 35.8 Å². The minimum Gasteiger partial charge on any atom is -0.389 e. The fourth-order valence-corrected chi connectivity index (χ4v) is 3.49. The summed E-state index contributed by atoms with van der Waals surface area (Å²) in [4.78, 5) is 0. The minimum absolute atomic E-state index is 0.320. The molecular formula is C15H25ClN2O. The molecule has 0 radical (unpaired) electrons. The fourth-order valence-electron chi connectivity index (χ4n) is 3.28. The third-order valence-corrected chi connectivity index (χ3v) is 5.13. The predicted octanol–water partition coefficient (Wildman–Crippen LogP) is 3.59. The lowest BCUT2D eigenvalue weighted by atomic mass is 9.70. The predicted molar refractivity (Wildman–Crippen MR) is 78.5 cm³/mol. The molecule has 0 saturated heterocycles. The van der Waals surface area contributed by atoms with E-state index in [9.17, 15) is 5.11 Å². The maximum absolute atomic E-state index is 11.0. The molecule has 108 valence electrons. The van der Waals surface area contributed by atoms with Crippen molar-refractivity contribution in [3.63, 3.8) is 0 Å². The molecule has 3 nitrogen and oxygen atoms in total. The van der Waals surface area contributed by atoms with E-state index in [0.29, 0.717) is 18.3 Å². The summed E-state index contributed by atoms with van der Waals surface area (Å²) in [6, 6.07) is 0. The number of nitrogens with zero attached hydrogens (tertiary/aromatic N) is 2. The Morgan fingerprint density at radius 2 is 2.11 bits per heavy atom. The number of hydrogen-bond donors (Lipinski definition) is 1. The van der Waals surface area contributed by atoms with Gasteiger partial charge < -0.3 is 5.11 Å². The van der Waals surface area contributed by atoms with Crippen LogP contribution < -0.4 is 0 Å². The zero-order valence-corrected chi connectivity index (χ0v) is 13.2. The summed E-state index contributed by atoms with van der Waals surface area (Å²) in [5.41, 5.74) is 1.21. The van der Waals surface area contributed by atoms with Crippen molar-refractivity contribution >= 4 is 11.6 Å². The highest BCUT2D eigenvalue weighted by atomic mass is 35.5. The quantitative estimate of drug-likeness (QED) is 0.921. The van der Waals surface area contributed by atoms with Gasteiger partial charge >= 0.3 is 0 Å². The van der Waals surface area contributed by atoms with Gasteiger partial charge in [-0.1, -0.05) is 31.9 Å². The van der Waals surface area contributed by atoms with Gasteiger partial charge in [0.25, 0.3) is 0 Å². The molecule has 1 aliphatic rings. The summed E-state index contributed by atoms with van der Waals surface area (Å²) in [5, 5.41) is 16.2. The first kappa shape index (κ1) is 14.9. The molecule has 1 N–H and O–H groups in total. The maximum atomic E-state index is 11.0. The topological polar surface area (TPSA) is 38.0 Å². The third-order valence-electron chi connectivity index (χ3n) is 4.64. The second kappa shape index (κ2) is 5.45. The summed E-state index contributed by atoms with van der Waals surface area (Å²) in [6.45, 7) is 9.15. The Balaban J connectivity index is 2.28. The van der Waals surface area contributed by atoms with Gasteiger partial charge in [0.1, 0.15) is 0 Å². The average Bonchev–Trinajstić information content (AvgIpc) is 2.62. The van der Waals surface area contributed by atoms with Crippen LogP contribution in [0.5, 0.6) is 0 Å². The van der Waals surface area contributed by atoms with Gasteiger partial charge in [-0.3, -0.25) is 4.68 Å². The molecule has 1 aromatic heterocycles. The second-order valence-corrected chi connectivity index (χ2v) is 6.61. The molecular weight excluding hydrogens is 260 g/mol. The van der Waals surface area contributed by atoms with Crippen LogP contribution in [0.4, 0.5) is 0 Å². The van der Waals surface area contributed by atoms with Crippen molar-refractivity contribution in [2.75, 3.05) is 0 Å². The van der Waals surface area contributed by atoms with Crippen molar-refractivity contribution in [2.45, 2.75) is 65.5 Å². The Kier molecular flexibility index (Phi) is 4.26. The van der Waals surface area contributed by atoms with Crippen molar-refractivity contribution < 1.29 is 5.11 Å². The van der Waals surface area contributed by atoms with Gasteiger partial charge in [-0.25, -0.2) is 0 Å². The lowest BCUT2D eigenvalue weighted by Gasteiger charge is -2.41. The summed E-state index contributed by atoms with van der Waals surface area (Å²) in [7, 11) is 0. The summed E-state index contributed by atoms with van der Waals surface area (Å²) in [6.07, 6.45) is 3.78. The summed E-state index contributed by atoms with van der Waals surface area (Å²) in [5.74, 6) is 0.902. The number of rotatable bonds is 3. The van der Waals surface area contributed by atoms with E-state index in [1.165, 1.54) is 6.42 Å². The monoisotopic (exact) mass is 284 g/mol. The molecule has 2 rings (SSSR count). The Bertz CT molecular complexity index is 457. The number of hydrogen-bond acceptors (Lipinski definition) is 2. The Morgan fingerprint density at radius 3 is 2.74 bits per heavy atom. The highest BCUT2D eigenvalue weighted by Gasteiger charge is 2.40. The summed E-state index contributed by atoms with van der Waals surface area (Å²) < 4.78 is 1.93. The van der Waals surface area contributed by atoms with E-state index in [-0.39, 0.29) is 0 Å². The van der Waals surface area contributed by atoms with Crippen LogP contribution in [-0.4, -0.2) is 20.5 Å². The van der Waals surface area contributed by atoms with Gasteiger partial charge in [0.15, 0.2) is 0 Å². The lowest BCUT2D eigenvalue weighted by Crippen LogP contribution is -2.44. The Hall–Kier alpha value is -0.540. The summed E-state index contributed by atoms with van der Waals surface area (Å²) >= 11 is 6.36. The van der Waals surface area contributed by atoms with Gasteiger partial charge in [0.2, 0.25) is 0 Å². The van der Waals surface area contributed by atoms with Crippen LogP contribution in [0.2, 0.25) is 5.02 Å². The molecule has 3 atom stereocenters.